The smallest absolute Gasteiger partial charge is 0.207 e. The number of alkyl halides is 5. The number of rotatable bonds is 4. The summed E-state index contributed by atoms with van der Waals surface area (Å²) in [5.41, 5.74) is 0.0953. The van der Waals surface area contributed by atoms with Crippen molar-refractivity contribution >= 4 is 0 Å². The Morgan fingerprint density at radius 3 is 2.06 bits per heavy atom. The van der Waals surface area contributed by atoms with E-state index in [4.69, 9.17) is 5.26 Å². The monoisotopic (exact) mass is 267 g/mol. The van der Waals surface area contributed by atoms with Crippen molar-refractivity contribution in [1.29, 1.82) is 5.26 Å². The lowest BCUT2D eigenvalue weighted by atomic mass is 10.1. The van der Waals surface area contributed by atoms with Crippen molar-refractivity contribution in [3.63, 3.8) is 0 Å². The highest BCUT2D eigenvalue weighted by Gasteiger charge is 2.61. The fourth-order valence-electron chi connectivity index (χ4n) is 0.935. The standard InChI is InChI=1S/C10H6F5NO2/c11-9(12,13)10(14,15)18-17-8(6-16)7-4-2-1-3-5-7/h1-5,8H. The first-order valence-electron chi connectivity index (χ1n) is 4.51. The molecule has 1 aromatic carbocycles. The van der Waals surface area contributed by atoms with Gasteiger partial charge in [0.25, 0.3) is 0 Å². The maximum Gasteiger partial charge on any atom is 0.485 e. The molecule has 1 aromatic rings. The first kappa shape index (κ1) is 14.3. The molecule has 98 valence electrons. The van der Waals surface area contributed by atoms with Crippen molar-refractivity contribution in [2.45, 2.75) is 18.4 Å². The van der Waals surface area contributed by atoms with E-state index in [1.165, 1.54) is 30.3 Å². The summed E-state index contributed by atoms with van der Waals surface area (Å²) in [5, 5.41) is 8.60. The first-order chi connectivity index (χ1) is 8.28. The van der Waals surface area contributed by atoms with Crippen LogP contribution in [0.5, 0.6) is 0 Å². The molecule has 1 atom stereocenters. The van der Waals surface area contributed by atoms with E-state index in [1.807, 2.05) is 0 Å². The number of halogens is 5. The second-order valence-corrected chi connectivity index (χ2v) is 3.11. The zero-order chi connectivity index (χ0) is 13.8. The van der Waals surface area contributed by atoms with Gasteiger partial charge in [-0.15, -0.1) is 0 Å². The summed E-state index contributed by atoms with van der Waals surface area (Å²) in [6, 6.07) is 8.54. The molecule has 1 unspecified atom stereocenters. The molecule has 0 bridgehead atoms. The number of nitriles is 1. The van der Waals surface area contributed by atoms with Crippen LogP contribution >= 0.6 is 0 Å². The minimum absolute atomic E-state index is 0.0953. The van der Waals surface area contributed by atoms with Crippen LogP contribution in [-0.2, 0) is 9.78 Å². The average molecular weight is 267 g/mol. The van der Waals surface area contributed by atoms with Gasteiger partial charge in [-0.1, -0.05) is 30.3 Å². The Bertz CT molecular complexity index is 426. The third-order valence-electron chi connectivity index (χ3n) is 1.80. The Kier molecular flexibility index (Phi) is 4.21. The van der Waals surface area contributed by atoms with Gasteiger partial charge < -0.3 is 0 Å². The van der Waals surface area contributed by atoms with Crippen molar-refractivity contribution < 1.29 is 31.7 Å². The SMILES string of the molecule is N#CC(OOC(F)(F)C(F)(F)F)c1ccccc1. The van der Waals surface area contributed by atoms with Gasteiger partial charge in [0, 0.05) is 0 Å². The summed E-state index contributed by atoms with van der Waals surface area (Å²) in [5.74, 6) is 0. The van der Waals surface area contributed by atoms with Crippen molar-refractivity contribution in [3.8, 4) is 6.07 Å². The number of hydrogen-bond donors (Lipinski definition) is 0. The van der Waals surface area contributed by atoms with Gasteiger partial charge in [-0.3, -0.25) is 0 Å². The predicted octanol–water partition coefficient (Wildman–Crippen LogP) is 3.35. The van der Waals surface area contributed by atoms with Gasteiger partial charge >= 0.3 is 12.3 Å². The topological polar surface area (TPSA) is 42.2 Å². The summed E-state index contributed by atoms with van der Waals surface area (Å²) in [6.45, 7) is 0. The maximum atomic E-state index is 12.4. The zero-order valence-corrected chi connectivity index (χ0v) is 8.62. The van der Waals surface area contributed by atoms with Crippen molar-refractivity contribution in [2.24, 2.45) is 0 Å². The van der Waals surface area contributed by atoms with E-state index >= 15 is 0 Å². The van der Waals surface area contributed by atoms with Crippen molar-refractivity contribution in [2.75, 3.05) is 0 Å². The van der Waals surface area contributed by atoms with Crippen LogP contribution in [0.3, 0.4) is 0 Å². The Morgan fingerprint density at radius 1 is 1.06 bits per heavy atom. The molecule has 0 saturated heterocycles. The van der Waals surface area contributed by atoms with Gasteiger partial charge in [0.2, 0.25) is 6.10 Å². The number of hydrogen-bond acceptors (Lipinski definition) is 3. The molecule has 0 N–H and O–H groups in total. The van der Waals surface area contributed by atoms with Gasteiger partial charge in [0.15, 0.2) is 0 Å². The Labute approximate surface area is 98.3 Å². The van der Waals surface area contributed by atoms with Crippen LogP contribution < -0.4 is 0 Å². The van der Waals surface area contributed by atoms with E-state index in [2.05, 4.69) is 9.78 Å². The molecular formula is C10H6F5NO2. The van der Waals surface area contributed by atoms with Crippen LogP contribution in [0.4, 0.5) is 22.0 Å². The number of benzene rings is 1. The van der Waals surface area contributed by atoms with Crippen molar-refractivity contribution in [1.82, 2.24) is 0 Å². The highest BCUT2D eigenvalue weighted by atomic mass is 19.4. The van der Waals surface area contributed by atoms with Gasteiger partial charge in [-0.25, -0.2) is 4.89 Å². The highest BCUT2D eigenvalue weighted by molar-refractivity contribution is 5.21. The zero-order valence-electron chi connectivity index (χ0n) is 8.62. The third-order valence-corrected chi connectivity index (χ3v) is 1.80. The second kappa shape index (κ2) is 5.29. The summed E-state index contributed by atoms with van der Waals surface area (Å²) in [7, 11) is 0. The second-order valence-electron chi connectivity index (χ2n) is 3.11. The molecule has 0 aromatic heterocycles. The quantitative estimate of drug-likeness (QED) is 0.477. The lowest BCUT2D eigenvalue weighted by Crippen LogP contribution is -2.39. The summed E-state index contributed by atoms with van der Waals surface area (Å²) < 4.78 is 60.0. The van der Waals surface area contributed by atoms with Crippen LogP contribution in [0.15, 0.2) is 30.3 Å². The lowest BCUT2D eigenvalue weighted by Gasteiger charge is -2.19. The number of nitrogens with zero attached hydrogens (tertiary/aromatic N) is 1. The van der Waals surface area contributed by atoms with Crippen molar-refractivity contribution in [3.05, 3.63) is 35.9 Å². The molecule has 0 heterocycles. The van der Waals surface area contributed by atoms with E-state index in [0.717, 1.165) is 0 Å². The first-order valence-corrected chi connectivity index (χ1v) is 4.51. The minimum atomic E-state index is -5.91. The summed E-state index contributed by atoms with van der Waals surface area (Å²) >= 11 is 0. The van der Waals surface area contributed by atoms with Gasteiger partial charge in [-0.05, 0) is 5.56 Å². The van der Waals surface area contributed by atoms with E-state index in [0.29, 0.717) is 0 Å². The van der Waals surface area contributed by atoms with E-state index in [-0.39, 0.29) is 5.56 Å². The molecule has 0 saturated carbocycles. The lowest BCUT2D eigenvalue weighted by molar-refractivity contribution is -0.512. The molecule has 0 fully saturated rings. The van der Waals surface area contributed by atoms with Gasteiger partial charge in [0.05, 0.1) is 0 Å². The van der Waals surface area contributed by atoms with Crippen LogP contribution in [0, 0.1) is 11.3 Å². The summed E-state index contributed by atoms with van der Waals surface area (Å²) in [6.07, 6.45) is -13.1. The van der Waals surface area contributed by atoms with E-state index in [9.17, 15) is 22.0 Å². The fourth-order valence-corrected chi connectivity index (χ4v) is 0.935. The van der Waals surface area contributed by atoms with E-state index in [1.54, 1.807) is 6.07 Å². The highest BCUT2D eigenvalue weighted by Crippen LogP contribution is 2.37. The largest absolute Gasteiger partial charge is 0.485 e. The Morgan fingerprint density at radius 2 is 1.61 bits per heavy atom. The molecule has 8 heteroatoms. The molecule has 0 aliphatic carbocycles. The maximum absolute atomic E-state index is 12.4. The van der Waals surface area contributed by atoms with Gasteiger partial charge in [0.1, 0.15) is 6.07 Å². The Balaban J connectivity index is 2.71. The van der Waals surface area contributed by atoms with Crippen LogP contribution in [-0.4, -0.2) is 12.3 Å². The average Bonchev–Trinajstić information content (AvgIpc) is 2.29. The molecule has 0 radical (unpaired) electrons. The molecular weight excluding hydrogens is 261 g/mol. The Hall–Kier alpha value is -1.72. The fraction of sp³-hybridized carbons (Fsp3) is 0.300. The summed E-state index contributed by atoms with van der Waals surface area (Å²) in [4.78, 5) is 6.86. The molecule has 18 heavy (non-hydrogen) atoms. The van der Waals surface area contributed by atoms with Crippen LogP contribution in [0.25, 0.3) is 0 Å². The molecule has 0 aliphatic heterocycles. The van der Waals surface area contributed by atoms with Crippen LogP contribution in [0.2, 0.25) is 0 Å². The normalized spacial score (nSPS) is 14.0. The minimum Gasteiger partial charge on any atom is -0.207 e. The van der Waals surface area contributed by atoms with E-state index < -0.39 is 18.4 Å². The molecule has 3 nitrogen and oxygen atoms in total. The molecule has 0 spiro atoms. The third kappa shape index (κ3) is 3.38. The van der Waals surface area contributed by atoms with Gasteiger partial charge in [-0.2, -0.15) is 32.1 Å². The predicted molar refractivity (Wildman–Crippen MR) is 48.0 cm³/mol. The molecule has 0 amide bonds. The van der Waals surface area contributed by atoms with Crippen LogP contribution in [0.1, 0.15) is 11.7 Å². The molecule has 1 rings (SSSR count). The molecule has 0 aliphatic rings.